The lowest BCUT2D eigenvalue weighted by atomic mass is 9.98. The minimum Gasteiger partial charge on any atom is -0.394 e. The molecule has 0 aliphatic carbocycles. The molecular formula is C69H135NO10. The van der Waals surface area contributed by atoms with Crippen LogP contribution in [-0.4, -0.2) is 110 Å². The summed E-state index contributed by atoms with van der Waals surface area (Å²) >= 11 is 0. The molecule has 11 heteroatoms. The molecule has 1 rings (SSSR count). The molecule has 11 nitrogen and oxygen atoms in total. The fourth-order valence-corrected chi connectivity index (χ4v) is 11.7. The van der Waals surface area contributed by atoms with Crippen molar-refractivity contribution < 1.29 is 50.0 Å². The predicted octanol–water partition coefficient (Wildman–Crippen LogP) is 16.6. The molecule has 8 N–H and O–H groups in total. The number of nitrogens with one attached hydrogen (secondary N) is 1. The number of carbonyl (C=O) groups excluding carboxylic acids is 1. The van der Waals surface area contributed by atoms with Crippen molar-refractivity contribution in [3.05, 3.63) is 12.2 Å². The molecule has 476 valence electrons. The molecule has 0 spiro atoms. The van der Waals surface area contributed by atoms with Crippen LogP contribution in [0.3, 0.4) is 0 Å². The Morgan fingerprint density at radius 3 is 1.05 bits per heavy atom. The van der Waals surface area contributed by atoms with Crippen molar-refractivity contribution in [3.63, 3.8) is 0 Å². The van der Waals surface area contributed by atoms with Crippen molar-refractivity contribution in [2.75, 3.05) is 13.2 Å². The van der Waals surface area contributed by atoms with Crippen LogP contribution in [0.5, 0.6) is 0 Å². The van der Waals surface area contributed by atoms with Crippen LogP contribution in [0.25, 0.3) is 0 Å². The van der Waals surface area contributed by atoms with Crippen molar-refractivity contribution in [1.29, 1.82) is 0 Å². The van der Waals surface area contributed by atoms with E-state index in [0.29, 0.717) is 19.3 Å². The van der Waals surface area contributed by atoms with Crippen LogP contribution in [0, 0.1) is 0 Å². The van der Waals surface area contributed by atoms with E-state index in [4.69, 9.17) is 9.47 Å². The van der Waals surface area contributed by atoms with E-state index in [1.165, 1.54) is 276 Å². The Hall–Kier alpha value is -1.15. The number of carbonyl (C=O) groups is 1. The topological polar surface area (TPSA) is 189 Å². The Morgan fingerprint density at radius 2 is 0.725 bits per heavy atom. The third-order valence-electron chi connectivity index (χ3n) is 17.3. The quantitative estimate of drug-likeness (QED) is 0.0215. The average Bonchev–Trinajstić information content (AvgIpc) is 3.47. The van der Waals surface area contributed by atoms with Gasteiger partial charge in [0.2, 0.25) is 5.91 Å². The van der Waals surface area contributed by atoms with Crippen LogP contribution in [0.2, 0.25) is 0 Å². The maximum absolute atomic E-state index is 13.3. The lowest BCUT2D eigenvalue weighted by molar-refractivity contribution is -0.303. The van der Waals surface area contributed by atoms with Crippen LogP contribution in [0.15, 0.2) is 12.2 Å². The number of amides is 1. The van der Waals surface area contributed by atoms with E-state index in [1.54, 1.807) is 0 Å². The van der Waals surface area contributed by atoms with Crippen molar-refractivity contribution in [2.45, 2.75) is 409 Å². The molecule has 9 atom stereocenters. The lowest BCUT2D eigenvalue weighted by Gasteiger charge is -2.40. The number of rotatable bonds is 62. The Balaban J connectivity index is 2.19. The Labute approximate surface area is 493 Å². The summed E-state index contributed by atoms with van der Waals surface area (Å²) in [7, 11) is 0. The third-order valence-corrected chi connectivity index (χ3v) is 17.3. The predicted molar refractivity (Wildman–Crippen MR) is 335 cm³/mol. The summed E-state index contributed by atoms with van der Waals surface area (Å²) in [6.07, 6.45) is 60.0. The molecule has 0 radical (unpaired) electrons. The van der Waals surface area contributed by atoms with Gasteiger partial charge in [0.05, 0.1) is 25.4 Å². The molecule has 0 aromatic carbocycles. The summed E-state index contributed by atoms with van der Waals surface area (Å²) in [6, 6.07) is -1.17. The van der Waals surface area contributed by atoms with E-state index in [1.807, 2.05) is 0 Å². The highest BCUT2D eigenvalue weighted by atomic mass is 16.7. The van der Waals surface area contributed by atoms with Gasteiger partial charge >= 0.3 is 0 Å². The zero-order chi connectivity index (χ0) is 58.2. The molecule has 0 aromatic heterocycles. The number of aliphatic hydroxyl groups excluding tert-OH is 7. The number of hydrogen-bond donors (Lipinski definition) is 8. The van der Waals surface area contributed by atoms with Gasteiger partial charge in [0, 0.05) is 0 Å². The van der Waals surface area contributed by atoms with E-state index in [9.17, 15) is 40.5 Å². The monoisotopic (exact) mass is 1140 g/mol. The highest BCUT2D eigenvalue weighted by Crippen LogP contribution is 2.24. The molecule has 1 saturated heterocycles. The summed E-state index contributed by atoms with van der Waals surface area (Å²) in [6.45, 7) is 3.52. The number of aliphatic hydroxyl groups is 7. The highest BCUT2D eigenvalue weighted by molar-refractivity contribution is 5.80. The summed E-state index contributed by atoms with van der Waals surface area (Å²) < 4.78 is 11.2. The van der Waals surface area contributed by atoms with E-state index < -0.39 is 74.2 Å². The van der Waals surface area contributed by atoms with Crippen LogP contribution in [0.4, 0.5) is 0 Å². The van der Waals surface area contributed by atoms with Crippen LogP contribution in [-0.2, 0) is 14.3 Å². The number of ether oxygens (including phenoxy) is 2. The summed E-state index contributed by atoms with van der Waals surface area (Å²) in [4.78, 5) is 13.3. The molecule has 1 heterocycles. The number of hydrogen-bond acceptors (Lipinski definition) is 10. The normalized spacial score (nSPS) is 19.2. The first-order valence-electron chi connectivity index (χ1n) is 35.1. The van der Waals surface area contributed by atoms with Crippen molar-refractivity contribution in [1.82, 2.24) is 5.32 Å². The van der Waals surface area contributed by atoms with Gasteiger partial charge in [0.25, 0.3) is 0 Å². The van der Waals surface area contributed by atoms with Gasteiger partial charge in [-0.25, -0.2) is 0 Å². The molecular weight excluding hydrogens is 1000 g/mol. The zero-order valence-corrected chi connectivity index (χ0v) is 52.6. The van der Waals surface area contributed by atoms with E-state index in [-0.39, 0.29) is 6.42 Å². The second kappa shape index (κ2) is 58.2. The van der Waals surface area contributed by atoms with Gasteiger partial charge in [-0.2, -0.15) is 0 Å². The molecule has 0 saturated carbocycles. The number of allylic oxidation sites excluding steroid dienone is 2. The Bertz CT molecular complexity index is 1310. The minimum atomic E-state index is -1.66. The molecule has 1 aliphatic heterocycles. The van der Waals surface area contributed by atoms with E-state index in [0.717, 1.165) is 38.5 Å². The largest absolute Gasteiger partial charge is 0.394 e. The second-order valence-corrected chi connectivity index (χ2v) is 25.0. The van der Waals surface area contributed by atoms with Crippen LogP contribution >= 0.6 is 0 Å². The second-order valence-electron chi connectivity index (χ2n) is 25.0. The fourth-order valence-electron chi connectivity index (χ4n) is 11.7. The maximum Gasteiger partial charge on any atom is 0.249 e. The standard InChI is InChI=1S/C69H135NO10/c1-3-5-7-9-11-13-15-17-19-21-23-25-27-29-30-31-32-33-35-37-39-41-43-45-47-49-51-53-55-57-62(73)68(78)70-60(59-79-69-67(77)66(76)65(75)63(58-71)80-69)64(74)61(72)56-54-52-50-48-46-44-42-40-38-36-34-28-26-24-22-20-18-16-14-12-10-8-6-4-2/h29-30,60-67,69,71-77H,3-28,31-59H2,1-2H3,(H,70,78)/b30-29-. The molecule has 1 amide bonds. The van der Waals surface area contributed by atoms with Crippen molar-refractivity contribution in [2.24, 2.45) is 0 Å². The first-order chi connectivity index (χ1) is 39.2. The summed E-state index contributed by atoms with van der Waals surface area (Å²) in [5.41, 5.74) is 0. The minimum absolute atomic E-state index is 0.264. The molecule has 1 fully saturated rings. The van der Waals surface area contributed by atoms with Gasteiger partial charge < -0.3 is 50.5 Å². The summed E-state index contributed by atoms with van der Waals surface area (Å²) in [5.74, 6) is -0.689. The third kappa shape index (κ3) is 45.2. The molecule has 0 aromatic rings. The highest BCUT2D eigenvalue weighted by Gasteiger charge is 2.44. The van der Waals surface area contributed by atoms with Gasteiger partial charge in [-0.15, -0.1) is 0 Å². The molecule has 0 bridgehead atoms. The SMILES string of the molecule is CCCCCCCCCCCCCC/C=C\CCCCCCCCCCCCCCCC(O)C(=O)NC(COC1OC(CO)C(O)C(O)C1O)C(O)C(O)CCCCCCCCCCCCCCCCCCCCCCCCCC. The lowest BCUT2D eigenvalue weighted by Crippen LogP contribution is -2.60. The Kier molecular flexibility index (Phi) is 56.0. The first-order valence-corrected chi connectivity index (χ1v) is 35.1. The zero-order valence-electron chi connectivity index (χ0n) is 52.6. The molecule has 1 aliphatic rings. The Morgan fingerprint density at radius 1 is 0.425 bits per heavy atom. The van der Waals surface area contributed by atoms with Crippen LogP contribution in [0.1, 0.15) is 354 Å². The summed E-state index contributed by atoms with van der Waals surface area (Å²) in [5, 5.41) is 76.5. The van der Waals surface area contributed by atoms with E-state index >= 15 is 0 Å². The van der Waals surface area contributed by atoms with Gasteiger partial charge in [0.1, 0.15) is 36.6 Å². The van der Waals surface area contributed by atoms with Gasteiger partial charge in [-0.05, 0) is 38.5 Å². The number of unbranched alkanes of at least 4 members (excludes halogenated alkanes) is 48. The van der Waals surface area contributed by atoms with Gasteiger partial charge in [-0.3, -0.25) is 4.79 Å². The van der Waals surface area contributed by atoms with Gasteiger partial charge in [0.15, 0.2) is 6.29 Å². The van der Waals surface area contributed by atoms with Gasteiger partial charge in [-0.1, -0.05) is 328 Å². The van der Waals surface area contributed by atoms with Crippen molar-refractivity contribution >= 4 is 5.91 Å². The smallest absolute Gasteiger partial charge is 0.249 e. The van der Waals surface area contributed by atoms with E-state index in [2.05, 4.69) is 31.3 Å². The first kappa shape index (κ1) is 76.9. The molecule has 9 unspecified atom stereocenters. The maximum atomic E-state index is 13.3. The van der Waals surface area contributed by atoms with Crippen LogP contribution < -0.4 is 5.32 Å². The fraction of sp³-hybridized carbons (Fsp3) is 0.957. The average molecular weight is 1140 g/mol. The molecule has 80 heavy (non-hydrogen) atoms. The van der Waals surface area contributed by atoms with Crippen molar-refractivity contribution in [3.8, 4) is 0 Å².